The van der Waals surface area contributed by atoms with Crippen LogP contribution in [0.4, 0.5) is 5.69 Å². The summed E-state index contributed by atoms with van der Waals surface area (Å²) >= 11 is 0. The number of fused-ring (bicyclic) bond motifs is 1. The Kier molecular flexibility index (Phi) is 4.49. The molecule has 31 heavy (non-hydrogen) atoms. The first-order valence-corrected chi connectivity index (χ1v) is 10.2. The van der Waals surface area contributed by atoms with Crippen molar-refractivity contribution in [2.24, 2.45) is 0 Å². The van der Waals surface area contributed by atoms with Gasteiger partial charge in [0.2, 0.25) is 5.89 Å². The van der Waals surface area contributed by atoms with Crippen LogP contribution >= 0.6 is 0 Å². The molecule has 4 aromatic rings. The fraction of sp³-hybridized carbons (Fsp3) is 0.154. The largest absolute Gasteiger partial charge is 0.441 e. The number of carbonyl (C=O) groups is 1. The molecular weight excluding hydrogens is 388 g/mol. The number of aliphatic hydroxyl groups is 1. The number of rotatable bonds is 4. The van der Waals surface area contributed by atoms with Gasteiger partial charge in [-0.05, 0) is 37.6 Å². The highest BCUT2D eigenvalue weighted by Gasteiger charge is 2.51. The van der Waals surface area contributed by atoms with Crippen LogP contribution in [0.5, 0.6) is 0 Å². The van der Waals surface area contributed by atoms with E-state index in [0.717, 1.165) is 11.1 Å². The Labute approximate surface area is 180 Å². The molecule has 0 saturated carbocycles. The number of hydrogen-bond donors (Lipinski definition) is 1. The summed E-state index contributed by atoms with van der Waals surface area (Å²) in [7, 11) is 0. The minimum Gasteiger partial charge on any atom is -0.441 e. The number of hydrogen-bond acceptors (Lipinski definition) is 4. The predicted octanol–water partition coefficient (Wildman–Crippen LogP) is 4.74. The molecule has 154 valence electrons. The van der Waals surface area contributed by atoms with Gasteiger partial charge in [-0.2, -0.15) is 0 Å². The normalized spacial score (nSPS) is 17.8. The number of oxazole rings is 1. The Morgan fingerprint density at radius 1 is 0.935 bits per heavy atom. The van der Waals surface area contributed by atoms with E-state index in [-0.39, 0.29) is 12.5 Å². The van der Waals surface area contributed by atoms with Gasteiger partial charge in [0.15, 0.2) is 5.60 Å². The molecule has 1 N–H and O–H groups in total. The summed E-state index contributed by atoms with van der Waals surface area (Å²) in [6.07, 6.45) is 0. The lowest BCUT2D eigenvalue weighted by molar-refractivity contribution is -0.132. The van der Waals surface area contributed by atoms with Crippen LogP contribution in [0.3, 0.4) is 0 Å². The molecule has 5 rings (SSSR count). The first kappa shape index (κ1) is 19.3. The number of aromatic nitrogens is 1. The number of amides is 1. The number of carbonyl (C=O) groups excluding carboxylic acids is 1. The van der Waals surface area contributed by atoms with Crippen molar-refractivity contribution in [1.82, 2.24) is 4.98 Å². The number of para-hydroxylation sites is 1. The molecule has 5 nitrogen and oxygen atoms in total. The number of aryl methyl sites for hydroxylation is 2. The molecule has 1 aliphatic rings. The number of anilines is 1. The molecule has 0 unspecified atom stereocenters. The molecule has 0 aliphatic carbocycles. The fourth-order valence-corrected chi connectivity index (χ4v) is 4.09. The maximum Gasteiger partial charge on any atom is 0.268 e. The molecule has 3 aromatic carbocycles. The molecule has 0 saturated heterocycles. The average Bonchev–Trinajstić information content (AvgIpc) is 3.27. The van der Waals surface area contributed by atoms with Crippen molar-refractivity contribution in [3.05, 3.63) is 107 Å². The molecule has 2 heterocycles. The maximum atomic E-state index is 13.6. The summed E-state index contributed by atoms with van der Waals surface area (Å²) in [5, 5.41) is 11.6. The molecule has 0 bridgehead atoms. The van der Waals surface area contributed by atoms with E-state index in [1.807, 2.05) is 86.6 Å². The number of nitrogens with zero attached hydrogens (tertiary/aromatic N) is 2. The van der Waals surface area contributed by atoms with E-state index in [1.54, 1.807) is 11.0 Å². The minimum absolute atomic E-state index is 0.214. The monoisotopic (exact) mass is 410 g/mol. The zero-order chi connectivity index (χ0) is 21.6. The summed E-state index contributed by atoms with van der Waals surface area (Å²) in [5.41, 5.74) is 2.68. The first-order valence-electron chi connectivity index (χ1n) is 10.2. The van der Waals surface area contributed by atoms with Crippen molar-refractivity contribution in [1.29, 1.82) is 0 Å². The maximum absolute atomic E-state index is 13.6. The van der Waals surface area contributed by atoms with E-state index in [2.05, 4.69) is 4.98 Å². The van der Waals surface area contributed by atoms with Crippen LogP contribution in [-0.4, -0.2) is 16.0 Å². The lowest BCUT2D eigenvalue weighted by atomic mass is 9.87. The molecule has 1 aliphatic heterocycles. The zero-order valence-corrected chi connectivity index (χ0v) is 17.4. The quantitative estimate of drug-likeness (QED) is 0.528. The summed E-state index contributed by atoms with van der Waals surface area (Å²) in [4.78, 5) is 19.8. The third-order valence-electron chi connectivity index (χ3n) is 5.83. The van der Waals surface area contributed by atoms with Crippen LogP contribution in [0.1, 0.15) is 28.1 Å². The highest BCUT2D eigenvalue weighted by atomic mass is 16.4. The Balaban J connectivity index is 1.55. The highest BCUT2D eigenvalue weighted by molar-refractivity contribution is 6.09. The fourth-order valence-electron chi connectivity index (χ4n) is 4.09. The van der Waals surface area contributed by atoms with E-state index in [4.69, 9.17) is 4.42 Å². The van der Waals surface area contributed by atoms with E-state index >= 15 is 0 Å². The van der Waals surface area contributed by atoms with E-state index < -0.39 is 5.60 Å². The third kappa shape index (κ3) is 3.05. The van der Waals surface area contributed by atoms with Crippen molar-refractivity contribution < 1.29 is 14.3 Å². The Bertz CT molecular complexity index is 1260. The zero-order valence-electron chi connectivity index (χ0n) is 17.4. The van der Waals surface area contributed by atoms with Crippen LogP contribution < -0.4 is 4.90 Å². The van der Waals surface area contributed by atoms with Gasteiger partial charge in [-0.15, -0.1) is 0 Å². The smallest absolute Gasteiger partial charge is 0.268 e. The molecular formula is C26H22N2O3. The Morgan fingerprint density at radius 3 is 2.35 bits per heavy atom. The van der Waals surface area contributed by atoms with Gasteiger partial charge in [-0.25, -0.2) is 4.98 Å². The van der Waals surface area contributed by atoms with E-state index in [0.29, 0.717) is 34.2 Å². The van der Waals surface area contributed by atoms with Crippen LogP contribution in [0.25, 0.3) is 11.5 Å². The van der Waals surface area contributed by atoms with Crippen molar-refractivity contribution in [2.45, 2.75) is 26.0 Å². The summed E-state index contributed by atoms with van der Waals surface area (Å²) < 4.78 is 5.87. The van der Waals surface area contributed by atoms with E-state index in [9.17, 15) is 9.90 Å². The third-order valence-corrected chi connectivity index (χ3v) is 5.83. The second kappa shape index (κ2) is 7.22. The van der Waals surface area contributed by atoms with Crippen molar-refractivity contribution >= 4 is 11.6 Å². The van der Waals surface area contributed by atoms with Crippen molar-refractivity contribution in [3.63, 3.8) is 0 Å². The molecule has 5 heteroatoms. The average molecular weight is 410 g/mol. The SMILES string of the molecule is Cc1ccc([C@]2(O)C(=O)N(Cc3nc(-c4ccccc4)oc3C)c3ccccc32)cc1. The molecule has 1 atom stereocenters. The van der Waals surface area contributed by atoms with Gasteiger partial charge in [0.1, 0.15) is 11.5 Å². The predicted molar refractivity (Wildman–Crippen MR) is 118 cm³/mol. The number of benzene rings is 3. The van der Waals surface area contributed by atoms with Crippen LogP contribution in [0.2, 0.25) is 0 Å². The second-order valence-electron chi connectivity index (χ2n) is 7.87. The molecule has 1 aromatic heterocycles. The topological polar surface area (TPSA) is 66.6 Å². The summed E-state index contributed by atoms with van der Waals surface area (Å²) in [6, 6.07) is 24.4. The second-order valence-corrected chi connectivity index (χ2v) is 7.87. The Morgan fingerprint density at radius 2 is 1.61 bits per heavy atom. The standard InChI is InChI=1S/C26H22N2O3/c1-17-12-14-20(15-13-17)26(30)21-10-6-7-11-23(21)28(25(26)29)16-22-18(2)31-24(27-22)19-8-4-3-5-9-19/h3-15,30H,16H2,1-2H3/t26-/m1/s1. The van der Waals surface area contributed by atoms with Gasteiger partial charge in [0.25, 0.3) is 5.91 Å². The minimum atomic E-state index is -1.73. The molecule has 0 radical (unpaired) electrons. The van der Waals surface area contributed by atoms with Crippen LogP contribution in [-0.2, 0) is 16.9 Å². The van der Waals surface area contributed by atoms with Gasteiger partial charge < -0.3 is 14.4 Å². The van der Waals surface area contributed by atoms with Crippen LogP contribution in [0.15, 0.2) is 83.3 Å². The molecule has 0 fully saturated rings. The van der Waals surface area contributed by atoms with Gasteiger partial charge >= 0.3 is 0 Å². The first-order chi connectivity index (χ1) is 15.0. The van der Waals surface area contributed by atoms with Crippen LogP contribution in [0, 0.1) is 13.8 Å². The van der Waals surface area contributed by atoms with Gasteiger partial charge in [-0.1, -0.05) is 66.2 Å². The van der Waals surface area contributed by atoms with Crippen molar-refractivity contribution in [3.8, 4) is 11.5 Å². The Hall–Kier alpha value is -3.70. The lowest BCUT2D eigenvalue weighted by Gasteiger charge is -2.23. The van der Waals surface area contributed by atoms with Gasteiger partial charge in [0.05, 0.1) is 12.2 Å². The lowest BCUT2D eigenvalue weighted by Crippen LogP contribution is -2.41. The molecule has 0 spiro atoms. The van der Waals surface area contributed by atoms with Gasteiger partial charge in [0, 0.05) is 11.1 Å². The van der Waals surface area contributed by atoms with Gasteiger partial charge in [-0.3, -0.25) is 4.79 Å². The molecule has 1 amide bonds. The summed E-state index contributed by atoms with van der Waals surface area (Å²) in [5.74, 6) is 0.776. The van der Waals surface area contributed by atoms with E-state index in [1.165, 1.54) is 0 Å². The van der Waals surface area contributed by atoms with Crippen molar-refractivity contribution in [2.75, 3.05) is 4.90 Å². The highest BCUT2D eigenvalue weighted by Crippen LogP contribution is 2.45. The summed E-state index contributed by atoms with van der Waals surface area (Å²) in [6.45, 7) is 4.03.